The normalized spacial score (nSPS) is 14.5. The van der Waals surface area contributed by atoms with Crippen LogP contribution in [0.3, 0.4) is 0 Å². The predicted molar refractivity (Wildman–Crippen MR) is 127 cm³/mol. The number of benzene rings is 1. The number of carbonyl (C=O) groups excluding carboxylic acids is 1. The van der Waals surface area contributed by atoms with Crippen molar-refractivity contribution in [3.63, 3.8) is 0 Å². The monoisotopic (exact) mass is 533 g/mol. The van der Waals surface area contributed by atoms with Crippen LogP contribution in [0.15, 0.2) is 49.2 Å². The maximum absolute atomic E-state index is 14.9. The number of pyridine rings is 1. The minimum absolute atomic E-state index is 0.0433. The molecule has 0 radical (unpaired) electrons. The molecule has 38 heavy (non-hydrogen) atoms. The van der Waals surface area contributed by atoms with Crippen molar-refractivity contribution in [2.45, 2.75) is 38.5 Å². The molecule has 1 aliphatic rings. The molecule has 1 aliphatic heterocycles. The van der Waals surface area contributed by atoms with E-state index in [0.29, 0.717) is 0 Å². The Balaban J connectivity index is 1.74. The first kappa shape index (κ1) is 26.6. The quantitative estimate of drug-likeness (QED) is 0.346. The highest BCUT2D eigenvalue weighted by atomic mass is 19.3. The van der Waals surface area contributed by atoms with Crippen molar-refractivity contribution in [3.05, 3.63) is 83.2 Å². The van der Waals surface area contributed by atoms with Gasteiger partial charge in [-0.2, -0.15) is 9.97 Å². The first-order chi connectivity index (χ1) is 18.2. The second-order valence-corrected chi connectivity index (χ2v) is 8.22. The van der Waals surface area contributed by atoms with Crippen LogP contribution in [-0.4, -0.2) is 28.0 Å². The van der Waals surface area contributed by atoms with Gasteiger partial charge in [0.25, 0.3) is 12.7 Å². The van der Waals surface area contributed by atoms with E-state index in [1.807, 2.05) is 0 Å². The molecular weight excluding hydrogens is 510 g/mol. The van der Waals surface area contributed by atoms with E-state index in [9.17, 15) is 22.4 Å². The van der Waals surface area contributed by atoms with Gasteiger partial charge in [0.1, 0.15) is 24.2 Å². The zero-order chi connectivity index (χ0) is 27.4. The summed E-state index contributed by atoms with van der Waals surface area (Å²) in [5.74, 6) is -3.39. The second kappa shape index (κ2) is 11.3. The highest BCUT2D eigenvalue weighted by Crippen LogP contribution is 2.38. The van der Waals surface area contributed by atoms with Gasteiger partial charge in [0.15, 0.2) is 5.82 Å². The first-order valence-corrected chi connectivity index (χ1v) is 11.4. The van der Waals surface area contributed by atoms with Crippen molar-refractivity contribution in [3.8, 4) is 6.01 Å². The van der Waals surface area contributed by atoms with Crippen LogP contribution < -0.4 is 15.4 Å². The predicted octanol–water partition coefficient (Wildman–Crippen LogP) is 5.53. The fraction of sp³-hybridized carbons (Fsp3) is 0.280. The molecule has 0 aliphatic carbocycles. The van der Waals surface area contributed by atoms with Crippen molar-refractivity contribution in [2.24, 2.45) is 0 Å². The van der Waals surface area contributed by atoms with Crippen LogP contribution >= 0.6 is 0 Å². The summed E-state index contributed by atoms with van der Waals surface area (Å²) in [6.07, 6.45) is 0.718. The van der Waals surface area contributed by atoms with Crippen molar-refractivity contribution in [1.29, 1.82) is 0 Å². The molecule has 0 saturated carbocycles. The number of alkyl halides is 2. The third kappa shape index (κ3) is 5.45. The van der Waals surface area contributed by atoms with Gasteiger partial charge < -0.3 is 24.8 Å². The van der Waals surface area contributed by atoms with Crippen molar-refractivity contribution < 1.29 is 36.6 Å². The molecule has 3 heterocycles. The summed E-state index contributed by atoms with van der Waals surface area (Å²) < 4.78 is 71.6. The third-order valence-corrected chi connectivity index (χ3v) is 5.78. The van der Waals surface area contributed by atoms with Gasteiger partial charge in [0.2, 0.25) is 5.91 Å². The van der Waals surface area contributed by atoms with Gasteiger partial charge in [-0.15, -0.1) is 0 Å². The lowest BCUT2D eigenvalue weighted by molar-refractivity contribution is -0.117. The number of ether oxygens (including phenoxy) is 3. The number of nitrogens with zero attached hydrogens (tertiary/aromatic N) is 3. The van der Waals surface area contributed by atoms with E-state index in [2.05, 4.69) is 25.6 Å². The van der Waals surface area contributed by atoms with Crippen molar-refractivity contribution >= 4 is 17.4 Å². The van der Waals surface area contributed by atoms with E-state index in [0.717, 1.165) is 12.3 Å². The second-order valence-electron chi connectivity index (χ2n) is 8.22. The van der Waals surface area contributed by atoms with E-state index in [-0.39, 0.29) is 34.3 Å². The van der Waals surface area contributed by atoms with Gasteiger partial charge in [-0.05, 0) is 19.9 Å². The van der Waals surface area contributed by atoms with Gasteiger partial charge in [0.05, 0.1) is 47.8 Å². The summed E-state index contributed by atoms with van der Waals surface area (Å²) in [4.78, 5) is 25.3. The minimum atomic E-state index is -3.00. The average molecular weight is 533 g/mol. The molecule has 13 heteroatoms. The fourth-order valence-corrected chi connectivity index (χ4v) is 3.80. The van der Waals surface area contributed by atoms with Crippen LogP contribution in [0.25, 0.3) is 0 Å². The Labute approximate surface area is 214 Å². The topological polar surface area (TPSA) is 107 Å². The fourth-order valence-electron chi connectivity index (χ4n) is 3.80. The van der Waals surface area contributed by atoms with Gasteiger partial charge >= 0.3 is 6.01 Å². The lowest BCUT2D eigenvalue weighted by atomic mass is 9.99. The number of nitrogens with one attached hydrogen (secondary N) is 2. The molecule has 0 bridgehead atoms. The number of carbonyl (C=O) groups is 1. The standard InChI is InChI=1S/C25H23F4N5O4/c1-12(23(35)32-17-7-8-30-11-16(17)26)20-18(24-37-9-10-38-24)22(34-25(33-20)36-3)31-13(2)14-5-4-6-15(19(14)27)21(28)29/h4-13,21,24H,1-3H3,(H,30,32,35)(H,31,33,34)/t12?,13-/m1/s1. The summed E-state index contributed by atoms with van der Waals surface area (Å²) in [5, 5.41) is 5.46. The molecule has 0 saturated heterocycles. The Kier molecular flexibility index (Phi) is 7.93. The molecule has 2 aromatic heterocycles. The number of anilines is 2. The highest BCUT2D eigenvalue weighted by Gasteiger charge is 2.33. The van der Waals surface area contributed by atoms with E-state index in [1.54, 1.807) is 6.92 Å². The lowest BCUT2D eigenvalue weighted by Gasteiger charge is -2.24. The zero-order valence-corrected chi connectivity index (χ0v) is 20.4. The van der Waals surface area contributed by atoms with Gasteiger partial charge in [-0.25, -0.2) is 17.6 Å². The number of rotatable bonds is 9. The van der Waals surface area contributed by atoms with E-state index < -0.39 is 47.8 Å². The van der Waals surface area contributed by atoms with Crippen LogP contribution in [-0.2, 0) is 14.3 Å². The molecule has 1 amide bonds. The number of hydrogen-bond acceptors (Lipinski definition) is 8. The highest BCUT2D eigenvalue weighted by molar-refractivity contribution is 5.95. The van der Waals surface area contributed by atoms with Crippen LogP contribution in [0.4, 0.5) is 29.1 Å². The molecule has 1 unspecified atom stereocenters. The molecule has 3 aromatic rings. The first-order valence-electron chi connectivity index (χ1n) is 11.4. The summed E-state index contributed by atoms with van der Waals surface area (Å²) in [7, 11) is 1.30. The number of hydrogen-bond donors (Lipinski definition) is 2. The van der Waals surface area contributed by atoms with E-state index in [1.165, 1.54) is 51.0 Å². The molecule has 2 atom stereocenters. The smallest absolute Gasteiger partial charge is 0.318 e. The number of methoxy groups -OCH3 is 1. The third-order valence-electron chi connectivity index (χ3n) is 5.78. The molecule has 1 aromatic carbocycles. The average Bonchev–Trinajstić information content (AvgIpc) is 3.43. The largest absolute Gasteiger partial charge is 0.467 e. The van der Waals surface area contributed by atoms with E-state index >= 15 is 0 Å². The number of amides is 1. The summed E-state index contributed by atoms with van der Waals surface area (Å²) in [5.41, 5.74) is -0.591. The van der Waals surface area contributed by atoms with E-state index in [4.69, 9.17) is 14.2 Å². The molecule has 0 spiro atoms. The lowest BCUT2D eigenvalue weighted by Crippen LogP contribution is -2.24. The van der Waals surface area contributed by atoms with Crippen molar-refractivity contribution in [1.82, 2.24) is 15.0 Å². The Hall–Kier alpha value is -4.42. The van der Waals surface area contributed by atoms with Crippen molar-refractivity contribution in [2.75, 3.05) is 17.7 Å². The Morgan fingerprint density at radius 3 is 2.45 bits per heavy atom. The molecule has 200 valence electrons. The summed E-state index contributed by atoms with van der Waals surface area (Å²) in [6, 6.07) is 3.96. The maximum atomic E-state index is 14.9. The molecular formula is C25H23F4N5O4. The Bertz CT molecular complexity index is 1350. The molecule has 4 rings (SSSR count). The Morgan fingerprint density at radius 1 is 1.08 bits per heavy atom. The number of halogens is 4. The van der Waals surface area contributed by atoms with Gasteiger partial charge in [-0.1, -0.05) is 18.2 Å². The molecule has 2 N–H and O–H groups in total. The van der Waals surface area contributed by atoms with Crippen LogP contribution in [0.2, 0.25) is 0 Å². The Morgan fingerprint density at radius 2 is 1.79 bits per heavy atom. The van der Waals surface area contributed by atoms with Crippen LogP contribution in [0.5, 0.6) is 6.01 Å². The van der Waals surface area contributed by atoms with Crippen LogP contribution in [0.1, 0.15) is 60.9 Å². The number of aromatic nitrogens is 3. The SMILES string of the molecule is COc1nc(N[C@H](C)c2cccc(C(F)F)c2F)c(C2OC=CO2)c(C(C)C(=O)Nc2ccncc2F)n1. The zero-order valence-electron chi connectivity index (χ0n) is 20.4. The van der Waals surface area contributed by atoms with Gasteiger partial charge in [-0.3, -0.25) is 9.78 Å². The molecule has 0 fully saturated rings. The maximum Gasteiger partial charge on any atom is 0.318 e. The summed E-state index contributed by atoms with van der Waals surface area (Å²) >= 11 is 0. The minimum Gasteiger partial charge on any atom is -0.467 e. The van der Waals surface area contributed by atoms with Gasteiger partial charge in [0, 0.05) is 11.8 Å². The molecule has 9 nitrogen and oxygen atoms in total. The van der Waals surface area contributed by atoms with Crippen LogP contribution in [0, 0.1) is 11.6 Å². The summed E-state index contributed by atoms with van der Waals surface area (Å²) in [6.45, 7) is 3.06.